The number of pyridine rings is 1. The maximum atomic E-state index is 11.7. The lowest BCUT2D eigenvalue weighted by Gasteiger charge is -2.26. The Morgan fingerprint density at radius 2 is 1.81 bits per heavy atom. The van der Waals surface area contributed by atoms with Crippen LogP contribution in [0.25, 0.3) is 28.8 Å². The average molecular weight is 622 g/mol. The number of carboxylic acids is 1. The van der Waals surface area contributed by atoms with Gasteiger partial charge in [-0.25, -0.2) is 4.79 Å². The largest absolute Gasteiger partial charge is 0.486 e. The van der Waals surface area contributed by atoms with Gasteiger partial charge in [0.2, 0.25) is 0 Å². The monoisotopic (exact) mass is 621 g/mol. The Labute approximate surface area is 255 Å². The second-order valence-corrected chi connectivity index (χ2v) is 12.3. The number of nitrogens with zero attached hydrogens (tertiary/aromatic N) is 5. The zero-order chi connectivity index (χ0) is 29.2. The molecule has 13 heteroatoms. The van der Waals surface area contributed by atoms with Gasteiger partial charge < -0.3 is 28.5 Å². The maximum Gasteiger partial charge on any atom is 0.335 e. The number of piperidine rings is 1. The van der Waals surface area contributed by atoms with Crippen molar-refractivity contribution in [2.24, 2.45) is 17.8 Å². The summed E-state index contributed by atoms with van der Waals surface area (Å²) in [5.74, 6) is 2.65. The summed E-state index contributed by atoms with van der Waals surface area (Å²) in [5.41, 5.74) is 2.78. The normalized spacial score (nSPS) is 23.0. The SMILES string of the molecule is O=C(O)c1cc(OC2COC2)cc(-c2nc(N3CC4C(C=Cc5c(-c6c(Cl)cncc6Cl)noc5C5CC5)C4C3)no2)c1. The van der Waals surface area contributed by atoms with Crippen LogP contribution >= 0.6 is 23.2 Å². The molecule has 2 aliphatic heterocycles. The van der Waals surface area contributed by atoms with E-state index in [2.05, 4.69) is 37.3 Å². The number of anilines is 1. The van der Waals surface area contributed by atoms with Gasteiger partial charge in [-0.05, 0) is 54.0 Å². The predicted molar refractivity (Wildman–Crippen MR) is 155 cm³/mol. The molecule has 1 aromatic carbocycles. The third-order valence-electron chi connectivity index (χ3n) is 8.55. The number of hydrogen-bond donors (Lipinski definition) is 1. The fourth-order valence-corrected chi connectivity index (χ4v) is 6.55. The molecule has 2 atom stereocenters. The molecule has 5 heterocycles. The van der Waals surface area contributed by atoms with Crippen molar-refractivity contribution >= 4 is 41.2 Å². The molecule has 8 rings (SSSR count). The van der Waals surface area contributed by atoms with Crippen molar-refractivity contribution in [2.75, 3.05) is 31.2 Å². The van der Waals surface area contributed by atoms with Crippen LogP contribution in [0.2, 0.25) is 10.0 Å². The first-order valence-corrected chi connectivity index (χ1v) is 14.9. The highest BCUT2D eigenvalue weighted by Crippen LogP contribution is 2.54. The summed E-state index contributed by atoms with van der Waals surface area (Å²) in [4.78, 5) is 22.5. The quantitative estimate of drug-likeness (QED) is 0.241. The van der Waals surface area contributed by atoms with Gasteiger partial charge >= 0.3 is 5.97 Å². The molecule has 2 unspecified atom stereocenters. The molecule has 0 amide bonds. The van der Waals surface area contributed by atoms with E-state index in [-0.39, 0.29) is 17.6 Å². The minimum absolute atomic E-state index is 0.0823. The minimum atomic E-state index is -1.07. The molecule has 2 aliphatic carbocycles. The summed E-state index contributed by atoms with van der Waals surface area (Å²) in [5, 5.41) is 19.0. The van der Waals surface area contributed by atoms with Crippen molar-refractivity contribution in [1.82, 2.24) is 20.3 Å². The van der Waals surface area contributed by atoms with Crippen molar-refractivity contribution in [3.63, 3.8) is 0 Å². The number of aromatic nitrogens is 4. The van der Waals surface area contributed by atoms with Crippen LogP contribution in [0.15, 0.2) is 45.7 Å². The molecule has 2 saturated heterocycles. The first kappa shape index (κ1) is 26.7. The van der Waals surface area contributed by atoms with Gasteiger partial charge in [0.1, 0.15) is 23.3 Å². The summed E-state index contributed by atoms with van der Waals surface area (Å²) in [6, 6.07) is 4.71. The molecule has 4 aliphatic rings. The number of rotatable bonds is 9. The fourth-order valence-electron chi connectivity index (χ4n) is 6.01. The van der Waals surface area contributed by atoms with Crippen LogP contribution in [-0.2, 0) is 4.74 Å². The van der Waals surface area contributed by atoms with Crippen LogP contribution < -0.4 is 9.64 Å². The van der Waals surface area contributed by atoms with Gasteiger partial charge in [-0.1, -0.05) is 40.5 Å². The number of halogens is 2. The second kappa shape index (κ2) is 10.4. The lowest BCUT2D eigenvalue weighted by atomic mass is 10.0. The molecule has 4 fully saturated rings. The first-order valence-electron chi connectivity index (χ1n) is 14.1. The van der Waals surface area contributed by atoms with Crippen LogP contribution in [0, 0.1) is 17.8 Å². The van der Waals surface area contributed by atoms with E-state index in [1.54, 1.807) is 18.5 Å². The first-order chi connectivity index (χ1) is 20.9. The number of carboxylic acid groups (broad SMARTS) is 1. The van der Waals surface area contributed by atoms with E-state index in [1.165, 1.54) is 12.1 Å². The summed E-state index contributed by atoms with van der Waals surface area (Å²) in [7, 11) is 0. The van der Waals surface area contributed by atoms with Crippen molar-refractivity contribution in [2.45, 2.75) is 24.9 Å². The second-order valence-electron chi connectivity index (χ2n) is 11.5. The number of allylic oxidation sites excluding steroid dienone is 1. The molecule has 220 valence electrons. The molecule has 2 saturated carbocycles. The van der Waals surface area contributed by atoms with E-state index in [0.717, 1.165) is 37.3 Å². The van der Waals surface area contributed by atoms with E-state index in [1.807, 2.05) is 0 Å². The van der Waals surface area contributed by atoms with Gasteiger partial charge in [-0.2, -0.15) is 4.98 Å². The Balaban J connectivity index is 0.974. The highest BCUT2D eigenvalue weighted by Gasteiger charge is 2.55. The van der Waals surface area contributed by atoms with E-state index < -0.39 is 5.97 Å². The molecule has 0 bridgehead atoms. The molecular formula is C30H25Cl2N5O6. The number of fused-ring (bicyclic) bond motifs is 1. The molecule has 0 spiro atoms. The van der Waals surface area contributed by atoms with E-state index >= 15 is 0 Å². The molecule has 4 aromatic rings. The van der Waals surface area contributed by atoms with Crippen molar-refractivity contribution in [3.8, 4) is 28.5 Å². The third kappa shape index (κ3) is 4.95. The van der Waals surface area contributed by atoms with Crippen LogP contribution in [0.3, 0.4) is 0 Å². The molecule has 3 aromatic heterocycles. The maximum absolute atomic E-state index is 11.7. The predicted octanol–water partition coefficient (Wildman–Crippen LogP) is 5.84. The van der Waals surface area contributed by atoms with Gasteiger partial charge in [-0.15, -0.1) is 0 Å². The highest BCUT2D eigenvalue weighted by atomic mass is 35.5. The van der Waals surface area contributed by atoms with E-state index in [9.17, 15) is 9.90 Å². The standard InChI is InChI=1S/C30H25Cl2N5O6/c31-23-8-33-9-24(32)25(23)26-20(27(42-35-26)14-1-2-14)4-3-19-21-10-37(11-22(19)21)30-34-28(43-36-30)15-5-16(29(38)39)7-17(6-15)41-18-12-40-13-18/h3-9,14,18-19,21-22H,1-2,10-13H2,(H,38,39). The number of ether oxygens (including phenoxy) is 2. The summed E-state index contributed by atoms with van der Waals surface area (Å²) in [6.07, 6.45) is 9.53. The Kier molecular flexibility index (Phi) is 6.43. The van der Waals surface area contributed by atoms with Gasteiger partial charge in [0.05, 0.1) is 28.8 Å². The lowest BCUT2D eigenvalue weighted by Crippen LogP contribution is -2.38. The summed E-state index contributed by atoms with van der Waals surface area (Å²) >= 11 is 12.9. The van der Waals surface area contributed by atoms with Gasteiger partial charge in [0.25, 0.3) is 11.8 Å². The smallest absolute Gasteiger partial charge is 0.335 e. The zero-order valence-corrected chi connectivity index (χ0v) is 24.2. The van der Waals surface area contributed by atoms with Gasteiger partial charge in [-0.3, -0.25) is 4.98 Å². The Hall–Kier alpha value is -3.93. The number of aromatic carboxylic acids is 1. The molecule has 0 radical (unpaired) electrons. The van der Waals surface area contributed by atoms with Crippen molar-refractivity contribution in [3.05, 3.63) is 63.6 Å². The van der Waals surface area contributed by atoms with Crippen LogP contribution in [0.1, 0.15) is 40.4 Å². The minimum Gasteiger partial charge on any atom is -0.486 e. The van der Waals surface area contributed by atoms with Gasteiger partial charge in [0, 0.05) is 48.1 Å². The zero-order valence-electron chi connectivity index (χ0n) is 22.7. The summed E-state index contributed by atoms with van der Waals surface area (Å²) < 4.78 is 22.3. The van der Waals surface area contributed by atoms with Crippen LogP contribution in [0.5, 0.6) is 5.75 Å². The Bertz CT molecular complexity index is 1730. The molecule has 11 nitrogen and oxygen atoms in total. The number of carbonyl (C=O) groups is 1. The number of hydrogen-bond acceptors (Lipinski definition) is 10. The van der Waals surface area contributed by atoms with Gasteiger partial charge in [0.15, 0.2) is 0 Å². The Morgan fingerprint density at radius 1 is 1.05 bits per heavy atom. The van der Waals surface area contributed by atoms with Crippen LogP contribution in [-0.4, -0.2) is 63.8 Å². The van der Waals surface area contributed by atoms with Crippen LogP contribution in [0.4, 0.5) is 5.95 Å². The van der Waals surface area contributed by atoms with E-state index in [0.29, 0.717) is 75.4 Å². The molecule has 1 N–H and O–H groups in total. The molecular weight excluding hydrogens is 597 g/mol. The van der Waals surface area contributed by atoms with Crippen molar-refractivity contribution in [1.29, 1.82) is 0 Å². The number of benzene rings is 1. The third-order valence-corrected chi connectivity index (χ3v) is 9.12. The average Bonchev–Trinajstić information content (AvgIpc) is 3.70. The van der Waals surface area contributed by atoms with Crippen molar-refractivity contribution < 1.29 is 28.4 Å². The Morgan fingerprint density at radius 3 is 2.49 bits per heavy atom. The highest BCUT2D eigenvalue weighted by molar-refractivity contribution is 6.39. The fraction of sp³-hybridized carbons (Fsp3) is 0.367. The summed E-state index contributed by atoms with van der Waals surface area (Å²) in [6.45, 7) is 2.52. The lowest BCUT2D eigenvalue weighted by molar-refractivity contribution is -0.0796. The van der Waals surface area contributed by atoms with E-state index in [4.69, 9.17) is 41.7 Å². The topological polar surface area (TPSA) is 137 Å². The molecule has 43 heavy (non-hydrogen) atoms.